The molecule has 1 nitrogen and oxygen atoms in total. The van der Waals surface area contributed by atoms with Crippen LogP contribution >= 0.6 is 0 Å². The second-order valence-corrected chi connectivity index (χ2v) is 3.65. The first-order valence-corrected chi connectivity index (χ1v) is 4.79. The lowest BCUT2D eigenvalue weighted by atomic mass is 10.1. The lowest BCUT2D eigenvalue weighted by Gasteiger charge is -2.02. The lowest BCUT2D eigenvalue weighted by molar-refractivity contribution is 0.973. The molecule has 0 atom stereocenters. The molecule has 0 fully saturated rings. The zero-order valence-corrected chi connectivity index (χ0v) is 8.07. The van der Waals surface area contributed by atoms with Gasteiger partial charge in [0.05, 0.1) is 5.52 Å². The first-order chi connectivity index (χ1) is 6.86. The van der Waals surface area contributed by atoms with Gasteiger partial charge < -0.3 is 4.57 Å². The second kappa shape index (κ2) is 2.61. The predicted octanol–water partition coefficient (Wildman–Crippen LogP) is 3.33. The lowest BCUT2D eigenvalue weighted by Crippen LogP contribution is -1.85. The van der Waals surface area contributed by atoms with Gasteiger partial charge >= 0.3 is 0 Å². The fourth-order valence-corrected chi connectivity index (χ4v) is 2.07. The third-order valence-electron chi connectivity index (χ3n) is 2.76. The van der Waals surface area contributed by atoms with Crippen molar-refractivity contribution in [3.63, 3.8) is 0 Å². The van der Waals surface area contributed by atoms with Gasteiger partial charge in [-0.15, -0.1) is 0 Å². The van der Waals surface area contributed by atoms with Crippen molar-refractivity contribution in [2.75, 3.05) is 0 Å². The van der Waals surface area contributed by atoms with Crippen LogP contribution in [0.4, 0.5) is 0 Å². The molecule has 0 unspecified atom stereocenters. The molecule has 68 valence electrons. The highest BCUT2D eigenvalue weighted by atomic mass is 14.9. The van der Waals surface area contributed by atoms with Crippen LogP contribution in [0.25, 0.3) is 21.7 Å². The summed E-state index contributed by atoms with van der Waals surface area (Å²) in [6.07, 6.45) is 2.11. The van der Waals surface area contributed by atoms with Crippen molar-refractivity contribution in [3.05, 3.63) is 48.7 Å². The van der Waals surface area contributed by atoms with Crippen molar-refractivity contribution in [2.45, 2.75) is 0 Å². The molecule has 1 aromatic heterocycles. The normalized spacial score (nSPS) is 11.2. The van der Waals surface area contributed by atoms with E-state index in [0.29, 0.717) is 0 Å². The minimum absolute atomic E-state index is 1.31. The topological polar surface area (TPSA) is 4.93 Å². The zero-order valence-electron chi connectivity index (χ0n) is 8.07. The van der Waals surface area contributed by atoms with E-state index in [1.165, 1.54) is 21.7 Å². The number of benzene rings is 2. The SMILES string of the molecule is Cn1ccc2ccc3ccccc3c21. The molecule has 0 saturated heterocycles. The quantitative estimate of drug-likeness (QED) is 0.501. The summed E-state index contributed by atoms with van der Waals surface area (Å²) in [5.74, 6) is 0. The molecule has 0 saturated carbocycles. The Morgan fingerprint density at radius 1 is 0.857 bits per heavy atom. The number of rotatable bonds is 0. The van der Waals surface area contributed by atoms with Crippen molar-refractivity contribution in [2.24, 2.45) is 7.05 Å². The summed E-state index contributed by atoms with van der Waals surface area (Å²) in [6, 6.07) is 15.0. The number of fused-ring (bicyclic) bond motifs is 3. The van der Waals surface area contributed by atoms with Crippen molar-refractivity contribution in [1.29, 1.82) is 0 Å². The van der Waals surface area contributed by atoms with E-state index in [4.69, 9.17) is 0 Å². The number of aryl methyl sites for hydroxylation is 1. The third kappa shape index (κ3) is 0.896. The average molecular weight is 181 g/mol. The van der Waals surface area contributed by atoms with Gasteiger partial charge in [0.1, 0.15) is 0 Å². The molecule has 3 rings (SSSR count). The van der Waals surface area contributed by atoms with Crippen molar-refractivity contribution in [3.8, 4) is 0 Å². The van der Waals surface area contributed by atoms with E-state index in [1.54, 1.807) is 0 Å². The molecule has 0 spiro atoms. The van der Waals surface area contributed by atoms with Crippen molar-refractivity contribution in [1.82, 2.24) is 4.57 Å². The molecule has 0 N–H and O–H groups in total. The molecule has 0 aliphatic rings. The van der Waals surface area contributed by atoms with Gasteiger partial charge in [-0.05, 0) is 11.5 Å². The Morgan fingerprint density at radius 3 is 2.57 bits per heavy atom. The Balaban J connectivity index is 2.65. The van der Waals surface area contributed by atoms with Crippen LogP contribution in [0.2, 0.25) is 0 Å². The highest BCUT2D eigenvalue weighted by molar-refractivity contribution is 6.05. The summed E-state index contributed by atoms with van der Waals surface area (Å²) in [4.78, 5) is 0. The Kier molecular flexibility index (Phi) is 1.42. The van der Waals surface area contributed by atoms with Crippen LogP contribution in [-0.2, 0) is 7.05 Å². The number of hydrogen-bond acceptors (Lipinski definition) is 0. The highest BCUT2D eigenvalue weighted by Crippen LogP contribution is 2.25. The maximum atomic E-state index is 2.18. The number of aromatic nitrogens is 1. The Bertz CT molecular complexity index is 605. The smallest absolute Gasteiger partial charge is 0.0557 e. The van der Waals surface area contributed by atoms with Gasteiger partial charge in [0.15, 0.2) is 0 Å². The van der Waals surface area contributed by atoms with Gasteiger partial charge in [-0.3, -0.25) is 0 Å². The molecule has 0 amide bonds. The highest BCUT2D eigenvalue weighted by Gasteiger charge is 2.01. The molecule has 14 heavy (non-hydrogen) atoms. The summed E-state index contributed by atoms with van der Waals surface area (Å²) >= 11 is 0. The second-order valence-electron chi connectivity index (χ2n) is 3.65. The minimum Gasteiger partial charge on any atom is -0.350 e. The van der Waals surface area contributed by atoms with E-state index < -0.39 is 0 Å². The zero-order chi connectivity index (χ0) is 9.54. The monoisotopic (exact) mass is 181 g/mol. The molecule has 0 bridgehead atoms. The van der Waals surface area contributed by atoms with Crippen LogP contribution in [0, 0.1) is 0 Å². The maximum absolute atomic E-state index is 2.18. The van der Waals surface area contributed by atoms with E-state index in [9.17, 15) is 0 Å². The van der Waals surface area contributed by atoms with E-state index in [0.717, 1.165) is 0 Å². The van der Waals surface area contributed by atoms with Gasteiger partial charge in [0.2, 0.25) is 0 Å². The summed E-state index contributed by atoms with van der Waals surface area (Å²) in [6.45, 7) is 0. The Labute approximate surface area is 82.6 Å². The average Bonchev–Trinajstić information content (AvgIpc) is 2.61. The van der Waals surface area contributed by atoms with Crippen LogP contribution in [0.1, 0.15) is 0 Å². The van der Waals surface area contributed by atoms with Gasteiger partial charge in [0.25, 0.3) is 0 Å². The van der Waals surface area contributed by atoms with Crippen LogP contribution in [-0.4, -0.2) is 4.57 Å². The van der Waals surface area contributed by atoms with E-state index in [1.807, 2.05) is 0 Å². The third-order valence-corrected chi connectivity index (χ3v) is 2.76. The molecule has 2 aromatic carbocycles. The van der Waals surface area contributed by atoms with Gasteiger partial charge in [-0.2, -0.15) is 0 Å². The summed E-state index contributed by atoms with van der Waals surface area (Å²) in [5, 5.41) is 3.95. The van der Waals surface area contributed by atoms with E-state index in [-0.39, 0.29) is 0 Å². The Hall–Kier alpha value is -1.76. The molecule has 1 heteroatoms. The summed E-state index contributed by atoms with van der Waals surface area (Å²) in [7, 11) is 2.09. The number of nitrogens with zero attached hydrogens (tertiary/aromatic N) is 1. The predicted molar refractivity (Wildman–Crippen MR) is 60.4 cm³/mol. The van der Waals surface area contributed by atoms with Crippen molar-refractivity contribution >= 4 is 21.7 Å². The molecule has 0 aliphatic heterocycles. The van der Waals surface area contributed by atoms with Crippen LogP contribution in [0.3, 0.4) is 0 Å². The minimum atomic E-state index is 1.31. The molecule has 0 radical (unpaired) electrons. The largest absolute Gasteiger partial charge is 0.350 e. The van der Waals surface area contributed by atoms with Gasteiger partial charge in [-0.25, -0.2) is 0 Å². The summed E-state index contributed by atoms with van der Waals surface area (Å²) in [5.41, 5.74) is 1.32. The van der Waals surface area contributed by atoms with E-state index in [2.05, 4.69) is 60.3 Å². The van der Waals surface area contributed by atoms with Gasteiger partial charge in [0, 0.05) is 24.0 Å². The molecule has 1 heterocycles. The van der Waals surface area contributed by atoms with Crippen LogP contribution in [0.15, 0.2) is 48.7 Å². The molecular formula is C13H11N. The molecular weight excluding hydrogens is 170 g/mol. The van der Waals surface area contributed by atoms with Crippen molar-refractivity contribution < 1.29 is 0 Å². The Morgan fingerprint density at radius 2 is 1.64 bits per heavy atom. The maximum Gasteiger partial charge on any atom is 0.0557 e. The first kappa shape index (κ1) is 7.63. The fourth-order valence-electron chi connectivity index (χ4n) is 2.07. The van der Waals surface area contributed by atoms with E-state index >= 15 is 0 Å². The molecule has 0 aliphatic carbocycles. The number of hydrogen-bond donors (Lipinski definition) is 0. The van der Waals surface area contributed by atoms with Crippen LogP contribution < -0.4 is 0 Å². The first-order valence-electron chi connectivity index (χ1n) is 4.79. The summed E-state index contributed by atoms with van der Waals surface area (Å²) < 4.78 is 2.18. The standard InChI is InChI=1S/C13H11N/c1-14-9-8-11-7-6-10-4-2-3-5-12(10)13(11)14/h2-9H,1H3. The van der Waals surface area contributed by atoms with Crippen LogP contribution in [0.5, 0.6) is 0 Å². The molecule has 3 aromatic rings. The fraction of sp³-hybridized carbons (Fsp3) is 0.0769. The van der Waals surface area contributed by atoms with Gasteiger partial charge in [-0.1, -0.05) is 36.4 Å².